The minimum absolute atomic E-state index is 0.00433. The Morgan fingerprint density at radius 1 is 1.19 bits per heavy atom. The predicted molar refractivity (Wildman–Crippen MR) is 81.4 cm³/mol. The van der Waals surface area contributed by atoms with Gasteiger partial charge in [-0.1, -0.05) is 29.8 Å². The number of halogens is 2. The lowest BCUT2D eigenvalue weighted by molar-refractivity contribution is 0.599. The van der Waals surface area contributed by atoms with E-state index in [2.05, 4.69) is 10.0 Å². The molecule has 0 heterocycles. The van der Waals surface area contributed by atoms with E-state index in [0.717, 1.165) is 12.1 Å². The van der Waals surface area contributed by atoms with Crippen molar-refractivity contribution in [2.75, 3.05) is 11.8 Å². The predicted octanol–water partition coefficient (Wildman–Crippen LogP) is 3.00. The first-order chi connectivity index (χ1) is 9.94. The van der Waals surface area contributed by atoms with E-state index in [9.17, 15) is 12.8 Å². The first-order valence-corrected chi connectivity index (χ1v) is 8.00. The average Bonchev–Trinajstić information content (AvgIpc) is 2.43. The number of rotatable bonds is 5. The van der Waals surface area contributed by atoms with E-state index in [1.165, 1.54) is 12.1 Å². The maximum absolute atomic E-state index is 13.0. The third-order valence-corrected chi connectivity index (χ3v) is 4.58. The van der Waals surface area contributed by atoms with E-state index >= 15 is 0 Å². The summed E-state index contributed by atoms with van der Waals surface area (Å²) in [5.74, 6) is -0.529. The lowest BCUT2D eigenvalue weighted by atomic mass is 10.2. The molecule has 0 saturated heterocycles. The molecule has 0 saturated carbocycles. The summed E-state index contributed by atoms with van der Waals surface area (Å²) < 4.78 is 40.3. The van der Waals surface area contributed by atoms with Gasteiger partial charge in [-0.05, 0) is 36.9 Å². The third kappa shape index (κ3) is 3.72. The van der Waals surface area contributed by atoms with Gasteiger partial charge in [-0.15, -0.1) is 0 Å². The molecule has 4 nitrogen and oxygen atoms in total. The molecule has 0 aliphatic heterocycles. The van der Waals surface area contributed by atoms with Crippen LogP contribution in [0.5, 0.6) is 0 Å². The maximum Gasteiger partial charge on any atom is 0.262 e. The first-order valence-electron chi connectivity index (χ1n) is 6.14. The fraction of sp³-hybridized carbons (Fsp3) is 0.143. The Hall–Kier alpha value is -1.63. The van der Waals surface area contributed by atoms with Crippen LogP contribution in [0.1, 0.15) is 5.56 Å². The van der Waals surface area contributed by atoms with Gasteiger partial charge in [-0.3, -0.25) is 4.72 Å². The molecule has 2 aromatic carbocycles. The Balaban J connectivity index is 2.39. The molecular formula is C14H14ClFN2O2S. The molecule has 0 unspecified atom stereocenters. The van der Waals surface area contributed by atoms with Gasteiger partial charge in [0.05, 0.1) is 15.6 Å². The smallest absolute Gasteiger partial charge is 0.262 e. The van der Waals surface area contributed by atoms with E-state index in [1.54, 1.807) is 25.2 Å². The Kier molecular flexibility index (Phi) is 4.82. The monoisotopic (exact) mass is 328 g/mol. The fourth-order valence-electron chi connectivity index (χ4n) is 1.87. The van der Waals surface area contributed by atoms with Crippen molar-refractivity contribution < 1.29 is 12.8 Å². The zero-order chi connectivity index (χ0) is 15.5. The van der Waals surface area contributed by atoms with Gasteiger partial charge in [0.2, 0.25) is 0 Å². The number of anilines is 1. The first kappa shape index (κ1) is 15.8. The summed E-state index contributed by atoms with van der Waals surface area (Å²) in [5.41, 5.74) is 0.767. The van der Waals surface area contributed by atoms with Crippen molar-refractivity contribution in [3.8, 4) is 0 Å². The molecule has 0 radical (unpaired) electrons. The number of hydrogen-bond donors (Lipinski definition) is 2. The molecule has 0 fully saturated rings. The van der Waals surface area contributed by atoms with E-state index in [-0.39, 0.29) is 15.6 Å². The molecule has 0 bridgehead atoms. The minimum Gasteiger partial charge on any atom is -0.316 e. The molecule has 7 heteroatoms. The second-order valence-electron chi connectivity index (χ2n) is 4.37. The van der Waals surface area contributed by atoms with Crippen LogP contribution in [0.15, 0.2) is 47.4 Å². The Bertz CT molecular complexity index is 750. The summed E-state index contributed by atoms with van der Waals surface area (Å²) in [6.07, 6.45) is 0. The van der Waals surface area contributed by atoms with Gasteiger partial charge in [0.15, 0.2) is 0 Å². The van der Waals surface area contributed by atoms with E-state index < -0.39 is 15.8 Å². The van der Waals surface area contributed by atoms with Crippen molar-refractivity contribution in [2.45, 2.75) is 11.4 Å². The molecule has 2 aromatic rings. The molecular weight excluding hydrogens is 315 g/mol. The molecule has 0 amide bonds. The minimum atomic E-state index is -3.80. The highest BCUT2D eigenvalue weighted by molar-refractivity contribution is 7.92. The second-order valence-corrected chi connectivity index (χ2v) is 6.43. The molecule has 0 aromatic heterocycles. The van der Waals surface area contributed by atoms with Crippen LogP contribution >= 0.6 is 11.6 Å². The van der Waals surface area contributed by atoms with E-state index in [0.29, 0.717) is 12.1 Å². The normalized spacial score (nSPS) is 11.4. The highest BCUT2D eigenvalue weighted by Crippen LogP contribution is 2.26. The van der Waals surface area contributed by atoms with Gasteiger partial charge in [0, 0.05) is 6.54 Å². The number of benzene rings is 2. The van der Waals surface area contributed by atoms with Gasteiger partial charge in [0.1, 0.15) is 5.82 Å². The SMILES string of the molecule is CNCc1ccccc1S(=O)(=O)Nc1ccc(F)cc1Cl. The molecule has 0 atom stereocenters. The quantitative estimate of drug-likeness (QED) is 0.887. The van der Waals surface area contributed by atoms with Gasteiger partial charge in [0.25, 0.3) is 10.0 Å². The fourth-order valence-corrected chi connectivity index (χ4v) is 3.47. The summed E-state index contributed by atoms with van der Waals surface area (Å²) in [7, 11) is -2.07. The molecule has 21 heavy (non-hydrogen) atoms. The second kappa shape index (κ2) is 6.43. The molecule has 0 spiro atoms. The Morgan fingerprint density at radius 3 is 2.57 bits per heavy atom. The van der Waals surface area contributed by atoms with Crippen molar-refractivity contribution in [1.82, 2.24) is 5.32 Å². The van der Waals surface area contributed by atoms with Crippen LogP contribution in [0.4, 0.5) is 10.1 Å². The zero-order valence-electron chi connectivity index (χ0n) is 11.2. The van der Waals surface area contributed by atoms with Crippen molar-refractivity contribution in [1.29, 1.82) is 0 Å². The molecule has 2 N–H and O–H groups in total. The highest BCUT2D eigenvalue weighted by atomic mass is 35.5. The molecule has 112 valence electrons. The summed E-state index contributed by atoms with van der Waals surface area (Å²) in [4.78, 5) is 0.153. The largest absolute Gasteiger partial charge is 0.316 e. The van der Waals surface area contributed by atoms with Crippen molar-refractivity contribution in [2.24, 2.45) is 0 Å². The molecule has 0 aliphatic carbocycles. The van der Waals surface area contributed by atoms with Crippen LogP contribution in [0, 0.1) is 5.82 Å². The Labute approximate surface area is 128 Å². The summed E-state index contributed by atoms with van der Waals surface area (Å²) >= 11 is 5.84. The zero-order valence-corrected chi connectivity index (χ0v) is 12.8. The number of nitrogens with one attached hydrogen (secondary N) is 2. The van der Waals surface area contributed by atoms with E-state index in [1.807, 2.05) is 0 Å². The summed E-state index contributed by atoms with van der Waals surface area (Å²) in [6, 6.07) is 10.1. The molecule has 0 aliphatic rings. The van der Waals surface area contributed by atoms with Crippen LogP contribution in [0.25, 0.3) is 0 Å². The van der Waals surface area contributed by atoms with Crippen molar-refractivity contribution >= 4 is 27.3 Å². The highest BCUT2D eigenvalue weighted by Gasteiger charge is 2.19. The molecule has 2 rings (SSSR count). The third-order valence-electron chi connectivity index (χ3n) is 2.80. The standard InChI is InChI=1S/C14H14ClFN2O2S/c1-17-9-10-4-2-3-5-14(10)21(19,20)18-13-7-6-11(16)8-12(13)15/h2-8,17-18H,9H2,1H3. The lowest BCUT2D eigenvalue weighted by Gasteiger charge is -2.13. The summed E-state index contributed by atoms with van der Waals surface area (Å²) in [5, 5.41) is 2.92. The van der Waals surface area contributed by atoms with Crippen molar-refractivity contribution in [3.63, 3.8) is 0 Å². The maximum atomic E-state index is 13.0. The topological polar surface area (TPSA) is 58.2 Å². The van der Waals surface area contributed by atoms with Crippen LogP contribution in [0.3, 0.4) is 0 Å². The number of sulfonamides is 1. The van der Waals surface area contributed by atoms with Crippen molar-refractivity contribution in [3.05, 3.63) is 58.9 Å². The van der Waals surface area contributed by atoms with Crippen LogP contribution in [-0.4, -0.2) is 15.5 Å². The van der Waals surface area contributed by atoms with Gasteiger partial charge in [-0.2, -0.15) is 0 Å². The Morgan fingerprint density at radius 2 is 1.90 bits per heavy atom. The summed E-state index contributed by atoms with van der Waals surface area (Å²) in [6.45, 7) is 0.411. The average molecular weight is 329 g/mol. The van der Waals surface area contributed by atoms with Crippen LogP contribution in [0.2, 0.25) is 5.02 Å². The van der Waals surface area contributed by atoms with Gasteiger partial charge in [-0.25, -0.2) is 12.8 Å². The van der Waals surface area contributed by atoms with Crippen LogP contribution < -0.4 is 10.0 Å². The van der Waals surface area contributed by atoms with E-state index in [4.69, 9.17) is 11.6 Å². The lowest BCUT2D eigenvalue weighted by Crippen LogP contribution is -2.17. The van der Waals surface area contributed by atoms with Gasteiger partial charge >= 0.3 is 0 Å². The van der Waals surface area contributed by atoms with Gasteiger partial charge < -0.3 is 5.32 Å². The number of hydrogen-bond acceptors (Lipinski definition) is 3. The van der Waals surface area contributed by atoms with Crippen LogP contribution in [-0.2, 0) is 16.6 Å².